The molecule has 2 aliphatic heterocycles. The van der Waals surface area contributed by atoms with Crippen LogP contribution < -0.4 is 10.2 Å². The predicted molar refractivity (Wildman–Crippen MR) is 121 cm³/mol. The van der Waals surface area contributed by atoms with Gasteiger partial charge in [-0.25, -0.2) is 14.8 Å². The van der Waals surface area contributed by atoms with E-state index in [1.54, 1.807) is 12.1 Å². The highest BCUT2D eigenvalue weighted by atomic mass is 16.6. The van der Waals surface area contributed by atoms with Gasteiger partial charge in [0.2, 0.25) is 0 Å². The maximum absolute atomic E-state index is 12.3. The van der Waals surface area contributed by atoms with E-state index < -0.39 is 6.09 Å². The van der Waals surface area contributed by atoms with Gasteiger partial charge in [-0.1, -0.05) is 18.2 Å². The molecule has 2 saturated heterocycles. The van der Waals surface area contributed by atoms with Gasteiger partial charge in [0.1, 0.15) is 17.7 Å². The van der Waals surface area contributed by atoms with Crippen LogP contribution in [0.25, 0.3) is 22.3 Å². The molecule has 2 fully saturated rings. The first-order valence-electron chi connectivity index (χ1n) is 10.9. The number of nitrogens with zero attached hydrogens (tertiary/aromatic N) is 3. The average Bonchev–Trinajstić information content (AvgIpc) is 3.45. The van der Waals surface area contributed by atoms with Crippen LogP contribution in [0, 0.1) is 6.92 Å². The number of phenolic OH excluding ortho intramolecular Hbond substituents is 1. The van der Waals surface area contributed by atoms with Gasteiger partial charge in [-0.2, -0.15) is 0 Å². The van der Waals surface area contributed by atoms with Crippen molar-refractivity contribution >= 4 is 22.8 Å². The van der Waals surface area contributed by atoms with Crippen molar-refractivity contribution < 1.29 is 19.4 Å². The normalized spacial score (nSPS) is 20.6. The molecule has 0 radical (unpaired) electrons. The number of hydrogen-bond acceptors (Lipinski definition) is 7. The molecule has 1 amide bonds. The number of aromatic hydroxyl groups is 1. The minimum atomic E-state index is -0.398. The lowest BCUT2D eigenvalue weighted by Crippen LogP contribution is -2.39. The molecule has 0 spiro atoms. The van der Waals surface area contributed by atoms with E-state index in [9.17, 15) is 9.90 Å². The summed E-state index contributed by atoms with van der Waals surface area (Å²) in [7, 11) is 0. The lowest BCUT2D eigenvalue weighted by atomic mass is 10.1. The second kappa shape index (κ2) is 8.63. The summed E-state index contributed by atoms with van der Waals surface area (Å²) in [6.07, 6.45) is 0.971. The monoisotopic (exact) mass is 434 g/mol. The van der Waals surface area contributed by atoms with Gasteiger partial charge in [0.05, 0.1) is 30.3 Å². The van der Waals surface area contributed by atoms with Crippen LogP contribution in [-0.4, -0.2) is 59.6 Å². The number of anilines is 1. The fourth-order valence-corrected chi connectivity index (χ4v) is 4.28. The summed E-state index contributed by atoms with van der Waals surface area (Å²) in [4.78, 5) is 24.0. The molecule has 8 heteroatoms. The van der Waals surface area contributed by atoms with Crippen LogP contribution in [-0.2, 0) is 9.47 Å². The zero-order valence-corrected chi connectivity index (χ0v) is 18.0. The number of carbonyl (C=O) groups excluding carboxylic acids is 1. The number of aryl methyl sites for hydroxylation is 1. The van der Waals surface area contributed by atoms with Crippen LogP contribution in [0.2, 0.25) is 0 Å². The van der Waals surface area contributed by atoms with Gasteiger partial charge < -0.3 is 24.8 Å². The zero-order chi connectivity index (χ0) is 22.1. The van der Waals surface area contributed by atoms with Gasteiger partial charge in [0.25, 0.3) is 0 Å². The summed E-state index contributed by atoms with van der Waals surface area (Å²) in [5.41, 5.74) is 2.52. The minimum absolute atomic E-state index is 0.0335. The maximum atomic E-state index is 12.3. The molecule has 3 heterocycles. The molecule has 2 aliphatic rings. The Balaban J connectivity index is 1.40. The first kappa shape index (κ1) is 20.5. The van der Waals surface area contributed by atoms with Gasteiger partial charge in [-0.05, 0) is 43.2 Å². The summed E-state index contributed by atoms with van der Waals surface area (Å²) >= 11 is 0. The highest BCUT2D eigenvalue weighted by Gasteiger charge is 2.29. The molecule has 0 aliphatic carbocycles. The van der Waals surface area contributed by atoms with E-state index in [4.69, 9.17) is 19.4 Å². The number of amides is 1. The largest absolute Gasteiger partial charge is 0.507 e. The lowest BCUT2D eigenvalue weighted by Gasteiger charge is -2.21. The van der Waals surface area contributed by atoms with Crippen molar-refractivity contribution in [2.45, 2.75) is 31.9 Å². The number of rotatable bonds is 4. The number of fused-ring (bicyclic) bond motifs is 1. The van der Waals surface area contributed by atoms with Gasteiger partial charge in [-0.3, -0.25) is 0 Å². The zero-order valence-electron chi connectivity index (χ0n) is 18.0. The van der Waals surface area contributed by atoms with Crippen molar-refractivity contribution in [3.05, 3.63) is 48.0 Å². The molecule has 2 N–H and O–H groups in total. The Morgan fingerprint density at radius 3 is 2.91 bits per heavy atom. The summed E-state index contributed by atoms with van der Waals surface area (Å²) in [5, 5.41) is 14.3. The van der Waals surface area contributed by atoms with Crippen molar-refractivity contribution in [2.75, 3.05) is 31.2 Å². The molecule has 0 saturated carbocycles. The van der Waals surface area contributed by atoms with E-state index in [0.717, 1.165) is 41.7 Å². The molecular formula is C24H26N4O4. The number of nitrogens with one attached hydrogen (secondary N) is 1. The lowest BCUT2D eigenvalue weighted by molar-refractivity contribution is 0.0813. The van der Waals surface area contributed by atoms with E-state index in [-0.39, 0.29) is 17.9 Å². The van der Waals surface area contributed by atoms with Crippen LogP contribution >= 0.6 is 0 Å². The summed E-state index contributed by atoms with van der Waals surface area (Å²) < 4.78 is 10.7. The van der Waals surface area contributed by atoms with Crippen LogP contribution in [0.5, 0.6) is 5.75 Å². The van der Waals surface area contributed by atoms with Crippen LogP contribution in [0.3, 0.4) is 0 Å². The Kier molecular flexibility index (Phi) is 5.53. The van der Waals surface area contributed by atoms with Crippen molar-refractivity contribution in [2.24, 2.45) is 0 Å². The van der Waals surface area contributed by atoms with Crippen LogP contribution in [0.4, 0.5) is 10.6 Å². The number of para-hydroxylation sites is 1. The Hall–Kier alpha value is -3.39. The first-order chi connectivity index (χ1) is 15.6. The highest BCUT2D eigenvalue weighted by molar-refractivity contribution is 5.92. The fraction of sp³-hybridized carbons (Fsp3) is 0.375. The molecule has 5 rings (SSSR count). The number of aromatic nitrogens is 2. The van der Waals surface area contributed by atoms with Crippen molar-refractivity contribution in [3.8, 4) is 17.1 Å². The minimum Gasteiger partial charge on any atom is -0.507 e. The summed E-state index contributed by atoms with van der Waals surface area (Å²) in [6.45, 7) is 4.49. The number of carbonyl (C=O) groups is 1. The molecule has 2 atom stereocenters. The van der Waals surface area contributed by atoms with Crippen molar-refractivity contribution in [3.63, 3.8) is 0 Å². The molecule has 1 unspecified atom stereocenters. The third kappa shape index (κ3) is 4.18. The number of alkyl carbamates (subject to hydrolysis) is 1. The Morgan fingerprint density at radius 2 is 2.09 bits per heavy atom. The number of ether oxygens (including phenoxy) is 2. The van der Waals surface area contributed by atoms with Crippen molar-refractivity contribution in [1.82, 2.24) is 15.3 Å². The van der Waals surface area contributed by atoms with E-state index in [2.05, 4.69) is 10.2 Å². The molecule has 1 aromatic heterocycles. The van der Waals surface area contributed by atoms with E-state index >= 15 is 0 Å². The quantitative estimate of drug-likeness (QED) is 0.650. The van der Waals surface area contributed by atoms with Gasteiger partial charge in [0.15, 0.2) is 5.82 Å². The van der Waals surface area contributed by atoms with E-state index in [0.29, 0.717) is 31.1 Å². The maximum Gasteiger partial charge on any atom is 0.407 e. The topological polar surface area (TPSA) is 96.8 Å². The Morgan fingerprint density at radius 1 is 1.22 bits per heavy atom. The molecule has 2 aromatic carbocycles. The molecule has 32 heavy (non-hydrogen) atoms. The molecule has 8 nitrogen and oxygen atoms in total. The second-order valence-corrected chi connectivity index (χ2v) is 8.38. The number of benzene rings is 2. The average molecular weight is 434 g/mol. The fourth-order valence-electron chi connectivity index (χ4n) is 4.28. The van der Waals surface area contributed by atoms with Crippen LogP contribution in [0.15, 0.2) is 42.5 Å². The standard InChI is InChI=1S/C24H26N4O4/c1-15-6-7-18-20(12-15)26-22(19-4-2-3-5-21(19)29)27-23(18)28-10-8-16(13-28)25-24(30)32-17-9-11-31-14-17/h2-7,12,16-17,29H,8-11,13-14H2,1H3,(H,25,30)/t16-,17?/m0/s1. The highest BCUT2D eigenvalue weighted by Crippen LogP contribution is 2.33. The molecular weight excluding hydrogens is 408 g/mol. The molecule has 0 bridgehead atoms. The first-order valence-corrected chi connectivity index (χ1v) is 10.9. The summed E-state index contributed by atoms with van der Waals surface area (Å²) in [5.74, 6) is 1.42. The smallest absolute Gasteiger partial charge is 0.407 e. The Bertz CT molecular complexity index is 1150. The SMILES string of the molecule is Cc1ccc2c(N3CC[C@H](NC(=O)OC4CCOC4)C3)nc(-c3ccccc3O)nc2c1. The van der Waals surface area contributed by atoms with Crippen molar-refractivity contribution in [1.29, 1.82) is 0 Å². The van der Waals surface area contributed by atoms with Gasteiger partial charge in [0, 0.05) is 24.9 Å². The van der Waals surface area contributed by atoms with E-state index in [1.165, 1.54) is 0 Å². The van der Waals surface area contributed by atoms with Gasteiger partial charge >= 0.3 is 6.09 Å². The number of phenols is 1. The van der Waals surface area contributed by atoms with Crippen LogP contribution in [0.1, 0.15) is 18.4 Å². The molecule has 166 valence electrons. The third-order valence-corrected chi connectivity index (χ3v) is 5.95. The van der Waals surface area contributed by atoms with Gasteiger partial charge in [-0.15, -0.1) is 0 Å². The number of hydrogen-bond donors (Lipinski definition) is 2. The Labute approximate surface area is 186 Å². The second-order valence-electron chi connectivity index (χ2n) is 8.38. The molecule has 3 aromatic rings. The summed E-state index contributed by atoms with van der Waals surface area (Å²) in [6, 6.07) is 13.1. The third-order valence-electron chi connectivity index (χ3n) is 5.95. The predicted octanol–water partition coefficient (Wildman–Crippen LogP) is 3.40. The van der Waals surface area contributed by atoms with E-state index in [1.807, 2.05) is 37.3 Å².